The van der Waals surface area contributed by atoms with Gasteiger partial charge in [-0.3, -0.25) is 0 Å². The number of para-hydroxylation sites is 1. The topological polar surface area (TPSA) is 3.24 Å². The fourth-order valence-corrected chi connectivity index (χ4v) is 8.89. The summed E-state index contributed by atoms with van der Waals surface area (Å²) in [5.74, 6) is 0. The highest BCUT2D eigenvalue weighted by atomic mass is 15.1. The Bertz CT molecular complexity index is 2850. The van der Waals surface area contributed by atoms with Crippen molar-refractivity contribution in [1.82, 2.24) is 0 Å². The van der Waals surface area contributed by atoms with Crippen LogP contribution in [0.4, 0.5) is 17.1 Å². The number of rotatable bonds is 7. The van der Waals surface area contributed by atoms with Crippen LogP contribution >= 0.6 is 0 Å². The van der Waals surface area contributed by atoms with Crippen LogP contribution in [0.5, 0.6) is 0 Å². The molecule has 1 aliphatic carbocycles. The van der Waals surface area contributed by atoms with Gasteiger partial charge in [-0.2, -0.15) is 0 Å². The van der Waals surface area contributed by atoms with Gasteiger partial charge >= 0.3 is 0 Å². The Morgan fingerprint density at radius 2 is 0.875 bits per heavy atom. The maximum atomic E-state index is 2.43. The molecule has 0 amide bonds. The maximum Gasteiger partial charge on any atom is 0.0467 e. The fourth-order valence-electron chi connectivity index (χ4n) is 8.89. The van der Waals surface area contributed by atoms with E-state index in [-0.39, 0.29) is 5.41 Å². The van der Waals surface area contributed by atoms with Gasteiger partial charge in [-0.15, -0.1) is 0 Å². The second kappa shape index (κ2) is 13.7. The monoisotopic (exact) mass is 715 g/mol. The Hall–Kier alpha value is -6.96. The van der Waals surface area contributed by atoms with Crippen molar-refractivity contribution < 1.29 is 0 Å². The fraction of sp³-hybridized carbons (Fsp3) is 0.0545. The molecule has 0 radical (unpaired) electrons. The molecule has 0 aliphatic heterocycles. The lowest BCUT2D eigenvalue weighted by molar-refractivity contribution is 0.660. The molecule has 1 aliphatic rings. The molecule has 9 aromatic carbocycles. The molecule has 266 valence electrons. The molecular formula is C55H41N. The first-order valence-electron chi connectivity index (χ1n) is 19.5. The molecule has 0 N–H and O–H groups in total. The molecule has 0 aromatic heterocycles. The molecule has 0 saturated heterocycles. The van der Waals surface area contributed by atoms with Crippen LogP contribution in [-0.4, -0.2) is 0 Å². The summed E-state index contributed by atoms with van der Waals surface area (Å²) in [4.78, 5) is 2.41. The molecule has 0 unspecified atom stereocenters. The van der Waals surface area contributed by atoms with Crippen molar-refractivity contribution in [3.8, 4) is 55.6 Å². The Labute approximate surface area is 329 Å². The molecule has 56 heavy (non-hydrogen) atoms. The summed E-state index contributed by atoms with van der Waals surface area (Å²) in [6, 6.07) is 77.5. The quantitative estimate of drug-likeness (QED) is 0.159. The predicted octanol–water partition coefficient (Wildman–Crippen LogP) is 15.3. The van der Waals surface area contributed by atoms with Gasteiger partial charge in [0, 0.05) is 22.5 Å². The molecule has 1 nitrogen and oxygen atoms in total. The van der Waals surface area contributed by atoms with Crippen LogP contribution in [0.1, 0.15) is 25.0 Å². The number of benzene rings is 9. The standard InChI is InChI=1S/C55H41N/c1-55(2)51-27-15-26-48(40-18-8-4-9-19-40)54(51)50-35-33-46(37-52(50)55)56(44-22-10-5-11-23-44)45-24-14-21-43(36-45)49-34-32-41-20-12-13-25-47(41)53(49)42-30-28-39(29-31-42)38-16-6-3-7-17-38/h3-37H,1-2H3. The van der Waals surface area contributed by atoms with Crippen molar-refractivity contribution in [3.05, 3.63) is 223 Å². The van der Waals surface area contributed by atoms with Crippen LogP contribution in [0.15, 0.2) is 212 Å². The summed E-state index contributed by atoms with van der Waals surface area (Å²) in [6.07, 6.45) is 0. The van der Waals surface area contributed by atoms with Crippen LogP contribution < -0.4 is 4.90 Å². The van der Waals surface area contributed by atoms with Crippen molar-refractivity contribution in [2.75, 3.05) is 4.90 Å². The van der Waals surface area contributed by atoms with E-state index in [1.807, 2.05) is 0 Å². The van der Waals surface area contributed by atoms with Gasteiger partial charge in [0.1, 0.15) is 0 Å². The van der Waals surface area contributed by atoms with Crippen molar-refractivity contribution in [2.45, 2.75) is 19.3 Å². The minimum atomic E-state index is -0.161. The number of anilines is 3. The summed E-state index contributed by atoms with van der Waals surface area (Å²) in [5.41, 5.74) is 18.4. The molecule has 1 heteroatoms. The third kappa shape index (κ3) is 5.72. The van der Waals surface area contributed by atoms with Crippen molar-refractivity contribution >= 4 is 27.8 Å². The van der Waals surface area contributed by atoms with Crippen LogP contribution in [-0.2, 0) is 5.41 Å². The zero-order valence-corrected chi connectivity index (χ0v) is 31.7. The number of hydrogen-bond acceptors (Lipinski definition) is 1. The summed E-state index contributed by atoms with van der Waals surface area (Å²) < 4.78 is 0. The minimum absolute atomic E-state index is 0.161. The predicted molar refractivity (Wildman–Crippen MR) is 238 cm³/mol. The molecular weight excluding hydrogens is 675 g/mol. The van der Waals surface area contributed by atoms with Gasteiger partial charge in [-0.25, -0.2) is 0 Å². The van der Waals surface area contributed by atoms with E-state index >= 15 is 0 Å². The van der Waals surface area contributed by atoms with Gasteiger partial charge in [-0.05, 0) is 114 Å². The zero-order valence-electron chi connectivity index (χ0n) is 31.7. The van der Waals surface area contributed by atoms with Crippen LogP contribution in [0.3, 0.4) is 0 Å². The summed E-state index contributed by atoms with van der Waals surface area (Å²) >= 11 is 0. The molecule has 0 saturated carbocycles. The second-order valence-electron chi connectivity index (χ2n) is 15.3. The number of fused-ring (bicyclic) bond motifs is 4. The van der Waals surface area contributed by atoms with Crippen LogP contribution in [0.2, 0.25) is 0 Å². The minimum Gasteiger partial charge on any atom is -0.310 e. The Morgan fingerprint density at radius 3 is 1.64 bits per heavy atom. The third-order valence-corrected chi connectivity index (χ3v) is 11.7. The lowest BCUT2D eigenvalue weighted by Gasteiger charge is -2.28. The van der Waals surface area contributed by atoms with Gasteiger partial charge in [0.2, 0.25) is 0 Å². The van der Waals surface area contributed by atoms with Crippen LogP contribution in [0.25, 0.3) is 66.4 Å². The molecule has 0 spiro atoms. The van der Waals surface area contributed by atoms with Crippen molar-refractivity contribution in [3.63, 3.8) is 0 Å². The summed E-state index contributed by atoms with van der Waals surface area (Å²) in [5, 5.41) is 2.48. The average Bonchev–Trinajstić information content (AvgIpc) is 3.50. The van der Waals surface area contributed by atoms with E-state index in [2.05, 4.69) is 231 Å². The third-order valence-electron chi connectivity index (χ3n) is 11.7. The Morgan fingerprint density at radius 1 is 0.321 bits per heavy atom. The Kier molecular flexibility index (Phi) is 8.23. The average molecular weight is 716 g/mol. The first kappa shape index (κ1) is 33.6. The van der Waals surface area contributed by atoms with E-state index in [0.29, 0.717) is 0 Å². The van der Waals surface area contributed by atoms with E-state index in [4.69, 9.17) is 0 Å². The molecule has 9 aromatic rings. The van der Waals surface area contributed by atoms with Gasteiger partial charge in [0.25, 0.3) is 0 Å². The zero-order chi connectivity index (χ0) is 37.6. The maximum absolute atomic E-state index is 2.43. The van der Waals surface area contributed by atoms with Crippen molar-refractivity contribution in [1.29, 1.82) is 0 Å². The van der Waals surface area contributed by atoms with Gasteiger partial charge in [-0.1, -0.05) is 190 Å². The lowest BCUT2D eigenvalue weighted by atomic mass is 9.81. The van der Waals surface area contributed by atoms with E-state index in [1.165, 1.54) is 77.5 Å². The molecule has 0 fully saturated rings. The van der Waals surface area contributed by atoms with Crippen molar-refractivity contribution in [2.24, 2.45) is 0 Å². The van der Waals surface area contributed by atoms with E-state index in [9.17, 15) is 0 Å². The van der Waals surface area contributed by atoms with Crippen LogP contribution in [0, 0.1) is 0 Å². The molecule has 0 atom stereocenters. The molecule has 0 heterocycles. The molecule has 10 rings (SSSR count). The normalized spacial score (nSPS) is 12.6. The van der Waals surface area contributed by atoms with Gasteiger partial charge < -0.3 is 4.90 Å². The summed E-state index contributed by atoms with van der Waals surface area (Å²) in [7, 11) is 0. The van der Waals surface area contributed by atoms with E-state index < -0.39 is 0 Å². The highest BCUT2D eigenvalue weighted by molar-refractivity contribution is 6.05. The lowest BCUT2D eigenvalue weighted by Crippen LogP contribution is -2.16. The van der Waals surface area contributed by atoms with E-state index in [1.54, 1.807) is 0 Å². The smallest absolute Gasteiger partial charge is 0.0467 e. The second-order valence-corrected chi connectivity index (χ2v) is 15.3. The SMILES string of the molecule is CC1(C)c2cc(N(c3ccccc3)c3cccc(-c4ccc5ccccc5c4-c4ccc(-c5ccccc5)cc4)c3)ccc2-c2c(-c3ccccc3)cccc21. The van der Waals surface area contributed by atoms with E-state index in [0.717, 1.165) is 17.1 Å². The first-order valence-corrected chi connectivity index (χ1v) is 19.5. The highest BCUT2D eigenvalue weighted by Crippen LogP contribution is 2.54. The highest BCUT2D eigenvalue weighted by Gasteiger charge is 2.37. The Balaban J connectivity index is 1.11. The summed E-state index contributed by atoms with van der Waals surface area (Å²) in [6.45, 7) is 4.74. The number of hydrogen-bond donors (Lipinski definition) is 0. The van der Waals surface area contributed by atoms with Gasteiger partial charge in [0.15, 0.2) is 0 Å². The first-order chi connectivity index (χ1) is 27.5. The largest absolute Gasteiger partial charge is 0.310 e. The number of nitrogens with zero attached hydrogens (tertiary/aromatic N) is 1. The van der Waals surface area contributed by atoms with Gasteiger partial charge in [0.05, 0.1) is 0 Å². The molecule has 0 bridgehead atoms.